The number of ether oxygens (including phenoxy) is 3. The van der Waals surface area contributed by atoms with E-state index in [4.69, 9.17) is 18.6 Å². The van der Waals surface area contributed by atoms with Crippen LogP contribution < -0.4 is 19.8 Å². The van der Waals surface area contributed by atoms with Gasteiger partial charge in [0.25, 0.3) is 0 Å². The minimum absolute atomic E-state index is 0.0649. The van der Waals surface area contributed by atoms with Crippen molar-refractivity contribution in [3.05, 3.63) is 52.4 Å². The van der Waals surface area contributed by atoms with Crippen LogP contribution in [0.25, 0.3) is 22.1 Å². The Labute approximate surface area is 143 Å². The third kappa shape index (κ3) is 2.76. The predicted octanol–water partition coefficient (Wildman–Crippen LogP) is 3.36. The van der Waals surface area contributed by atoms with Crippen molar-refractivity contribution < 1.29 is 18.6 Å². The second-order valence-electron chi connectivity index (χ2n) is 5.18. The number of fused-ring (bicyclic) bond motifs is 1. The van der Waals surface area contributed by atoms with Crippen molar-refractivity contribution in [3.63, 3.8) is 0 Å². The van der Waals surface area contributed by atoms with Gasteiger partial charge in [0.2, 0.25) is 0 Å². The van der Waals surface area contributed by atoms with Gasteiger partial charge < -0.3 is 18.6 Å². The molecule has 2 aromatic carbocycles. The fraction of sp³-hybridized carbons (Fsp3) is 0.158. The van der Waals surface area contributed by atoms with Crippen molar-refractivity contribution in [1.82, 2.24) is 0 Å². The second-order valence-corrected chi connectivity index (χ2v) is 5.18. The van der Waals surface area contributed by atoms with Gasteiger partial charge >= 0.3 is 5.63 Å². The molecule has 0 radical (unpaired) electrons. The van der Waals surface area contributed by atoms with Crippen molar-refractivity contribution in [2.45, 2.75) is 0 Å². The van der Waals surface area contributed by atoms with Gasteiger partial charge in [-0.2, -0.15) is 5.26 Å². The summed E-state index contributed by atoms with van der Waals surface area (Å²) in [6, 6.07) is 12.3. The molecule has 6 nitrogen and oxygen atoms in total. The van der Waals surface area contributed by atoms with Gasteiger partial charge in [-0.15, -0.1) is 0 Å². The largest absolute Gasteiger partial charge is 0.497 e. The molecule has 0 amide bonds. The van der Waals surface area contributed by atoms with Crippen LogP contribution in [0.3, 0.4) is 0 Å². The van der Waals surface area contributed by atoms with Crippen LogP contribution in [0.5, 0.6) is 17.2 Å². The number of nitrogens with zero attached hydrogens (tertiary/aromatic N) is 1. The van der Waals surface area contributed by atoms with Crippen molar-refractivity contribution in [2.24, 2.45) is 0 Å². The zero-order valence-corrected chi connectivity index (χ0v) is 14.0. The minimum atomic E-state index is -0.701. The lowest BCUT2D eigenvalue weighted by molar-refractivity contribution is 0.355. The summed E-state index contributed by atoms with van der Waals surface area (Å²) < 4.78 is 21.0. The van der Waals surface area contributed by atoms with Gasteiger partial charge in [-0.05, 0) is 29.8 Å². The van der Waals surface area contributed by atoms with Gasteiger partial charge in [0.15, 0.2) is 11.5 Å². The van der Waals surface area contributed by atoms with Crippen LogP contribution in [0.4, 0.5) is 0 Å². The average molecular weight is 337 g/mol. The summed E-state index contributed by atoms with van der Waals surface area (Å²) in [7, 11) is 4.59. The Bertz CT molecular complexity index is 1050. The molecule has 0 bridgehead atoms. The van der Waals surface area contributed by atoms with Gasteiger partial charge in [-0.3, -0.25) is 0 Å². The van der Waals surface area contributed by atoms with Crippen molar-refractivity contribution in [3.8, 4) is 34.4 Å². The zero-order chi connectivity index (χ0) is 18.0. The maximum absolute atomic E-state index is 12.2. The molecule has 3 rings (SSSR count). The summed E-state index contributed by atoms with van der Waals surface area (Å²) in [5, 5.41) is 10.1. The third-order valence-electron chi connectivity index (χ3n) is 3.90. The molecular formula is C19H15NO5. The van der Waals surface area contributed by atoms with Crippen molar-refractivity contribution >= 4 is 11.0 Å². The summed E-state index contributed by atoms with van der Waals surface area (Å²) in [5.74, 6) is 1.61. The minimum Gasteiger partial charge on any atom is -0.497 e. The molecule has 1 heterocycles. The smallest absolute Gasteiger partial charge is 0.354 e. The van der Waals surface area contributed by atoms with Crippen LogP contribution in [-0.2, 0) is 0 Å². The van der Waals surface area contributed by atoms with E-state index in [1.807, 2.05) is 6.07 Å². The first-order valence-electron chi connectivity index (χ1n) is 7.40. The summed E-state index contributed by atoms with van der Waals surface area (Å²) in [6.07, 6.45) is 0. The maximum Gasteiger partial charge on any atom is 0.354 e. The molecule has 1 aromatic heterocycles. The number of nitriles is 1. The number of hydrogen-bond acceptors (Lipinski definition) is 6. The van der Waals surface area contributed by atoms with Gasteiger partial charge in [0.05, 0.1) is 21.3 Å². The van der Waals surface area contributed by atoms with E-state index >= 15 is 0 Å². The molecular weight excluding hydrogens is 322 g/mol. The molecule has 0 N–H and O–H groups in total. The highest BCUT2D eigenvalue weighted by Crippen LogP contribution is 2.37. The van der Waals surface area contributed by atoms with E-state index < -0.39 is 5.63 Å². The Balaban J connectivity index is 2.38. The SMILES string of the molecule is COc1ccc2c(-c3ccc(OC)c(OC)c3)c(C#N)c(=O)oc2c1. The molecule has 0 aliphatic rings. The normalized spacial score (nSPS) is 10.3. The van der Waals surface area contributed by atoms with Crippen LogP contribution in [0, 0.1) is 11.3 Å². The van der Waals surface area contributed by atoms with Crippen molar-refractivity contribution in [1.29, 1.82) is 5.26 Å². The molecule has 0 aliphatic heterocycles. The first kappa shape index (κ1) is 16.4. The molecule has 0 saturated heterocycles. The van der Waals surface area contributed by atoms with Crippen LogP contribution >= 0.6 is 0 Å². The molecule has 25 heavy (non-hydrogen) atoms. The fourth-order valence-electron chi connectivity index (χ4n) is 2.70. The van der Waals surface area contributed by atoms with Crippen molar-refractivity contribution in [2.75, 3.05) is 21.3 Å². The Kier molecular flexibility index (Phi) is 4.31. The maximum atomic E-state index is 12.2. The van der Waals surface area contributed by atoms with E-state index in [9.17, 15) is 10.1 Å². The molecule has 0 spiro atoms. The van der Waals surface area contributed by atoms with E-state index in [1.165, 1.54) is 21.3 Å². The van der Waals surface area contributed by atoms with E-state index in [0.717, 1.165) is 0 Å². The van der Waals surface area contributed by atoms with Crippen LogP contribution in [-0.4, -0.2) is 21.3 Å². The number of hydrogen-bond donors (Lipinski definition) is 0. The first-order chi connectivity index (χ1) is 12.1. The standard InChI is InChI=1S/C19H15NO5/c1-22-12-5-6-13-16(9-12)25-19(21)14(10-20)18(13)11-4-7-15(23-2)17(8-11)24-3/h4-9H,1-3H3. The zero-order valence-electron chi connectivity index (χ0n) is 14.0. The van der Waals surface area contributed by atoms with Crippen LogP contribution in [0.15, 0.2) is 45.6 Å². The van der Waals surface area contributed by atoms with E-state index in [-0.39, 0.29) is 5.56 Å². The van der Waals surface area contributed by atoms with E-state index in [2.05, 4.69) is 0 Å². The second kappa shape index (κ2) is 6.57. The first-order valence-corrected chi connectivity index (χ1v) is 7.40. The summed E-state index contributed by atoms with van der Waals surface area (Å²) in [6.45, 7) is 0. The Morgan fingerprint density at radius 3 is 2.36 bits per heavy atom. The molecule has 0 fully saturated rings. The van der Waals surface area contributed by atoms with Gasteiger partial charge in [-0.25, -0.2) is 4.79 Å². The predicted molar refractivity (Wildman–Crippen MR) is 92.3 cm³/mol. The summed E-state index contributed by atoms with van der Waals surface area (Å²) in [4.78, 5) is 12.2. The quantitative estimate of drug-likeness (QED) is 0.679. The molecule has 0 aliphatic carbocycles. The third-order valence-corrected chi connectivity index (χ3v) is 3.90. The number of methoxy groups -OCH3 is 3. The summed E-state index contributed by atoms with van der Waals surface area (Å²) in [5.41, 5.74) is 0.709. The lowest BCUT2D eigenvalue weighted by Crippen LogP contribution is -2.07. The highest BCUT2D eigenvalue weighted by Gasteiger charge is 2.18. The Morgan fingerprint density at radius 1 is 0.960 bits per heavy atom. The Morgan fingerprint density at radius 2 is 1.72 bits per heavy atom. The molecule has 0 atom stereocenters. The lowest BCUT2D eigenvalue weighted by atomic mass is 9.97. The van der Waals surface area contributed by atoms with Crippen LogP contribution in [0.2, 0.25) is 0 Å². The van der Waals surface area contributed by atoms with E-state index in [1.54, 1.807) is 36.4 Å². The number of benzene rings is 2. The lowest BCUT2D eigenvalue weighted by Gasteiger charge is -2.12. The van der Waals surface area contributed by atoms with Gasteiger partial charge in [0.1, 0.15) is 23.0 Å². The van der Waals surface area contributed by atoms with Gasteiger partial charge in [0, 0.05) is 17.0 Å². The molecule has 3 aromatic rings. The van der Waals surface area contributed by atoms with Crippen LogP contribution in [0.1, 0.15) is 5.56 Å². The topological polar surface area (TPSA) is 81.7 Å². The molecule has 0 saturated carbocycles. The fourth-order valence-corrected chi connectivity index (χ4v) is 2.70. The average Bonchev–Trinajstić information content (AvgIpc) is 2.65. The molecule has 0 unspecified atom stereocenters. The summed E-state index contributed by atoms with van der Waals surface area (Å²) >= 11 is 0. The molecule has 126 valence electrons. The van der Waals surface area contributed by atoms with E-state index in [0.29, 0.717) is 39.3 Å². The van der Waals surface area contributed by atoms with Gasteiger partial charge in [-0.1, -0.05) is 6.07 Å². The Hall–Kier alpha value is -3.46. The number of rotatable bonds is 4. The highest BCUT2D eigenvalue weighted by atomic mass is 16.5. The molecule has 6 heteroatoms. The highest BCUT2D eigenvalue weighted by molar-refractivity contribution is 5.97. The monoisotopic (exact) mass is 337 g/mol.